The van der Waals surface area contributed by atoms with Gasteiger partial charge in [0.25, 0.3) is 0 Å². The Hall–Kier alpha value is -0.930. The zero-order chi connectivity index (χ0) is 14.8. The molecule has 1 saturated carbocycles. The van der Waals surface area contributed by atoms with Crippen LogP contribution in [-0.2, 0) is 4.74 Å². The van der Waals surface area contributed by atoms with Crippen molar-refractivity contribution in [2.24, 2.45) is 0 Å². The summed E-state index contributed by atoms with van der Waals surface area (Å²) >= 11 is 0. The van der Waals surface area contributed by atoms with E-state index in [4.69, 9.17) is 4.74 Å². The molecule has 0 aliphatic heterocycles. The van der Waals surface area contributed by atoms with Crippen molar-refractivity contribution in [2.45, 2.75) is 58.1 Å². The summed E-state index contributed by atoms with van der Waals surface area (Å²) in [5.41, 5.74) is 2.64. The summed E-state index contributed by atoms with van der Waals surface area (Å²) in [4.78, 5) is 0. The van der Waals surface area contributed by atoms with Gasteiger partial charge in [-0.15, -0.1) is 0 Å². The Morgan fingerprint density at radius 2 is 1.90 bits per heavy atom. The normalized spacial score (nSPS) is 18.6. The van der Waals surface area contributed by atoms with Crippen molar-refractivity contribution >= 4 is 0 Å². The molecular weight excluding hydrogens is 253 g/mol. The first-order valence-electron chi connectivity index (χ1n) is 7.56. The largest absolute Gasteiger partial charge is 0.378 e. The molecule has 1 N–H and O–H groups in total. The molecule has 0 saturated heterocycles. The van der Waals surface area contributed by atoms with Gasteiger partial charge in [0.2, 0.25) is 0 Å². The molecule has 1 fully saturated rings. The van der Waals surface area contributed by atoms with Crippen LogP contribution in [0.3, 0.4) is 0 Å². The molecule has 0 aromatic heterocycles. The average Bonchev–Trinajstić information content (AvgIpc) is 2.38. The maximum Gasteiger partial charge on any atom is 0.129 e. The van der Waals surface area contributed by atoms with Crippen LogP contribution in [0.5, 0.6) is 0 Å². The molecule has 0 bridgehead atoms. The molecule has 1 atom stereocenters. The molecule has 0 spiro atoms. The standard InChI is InChI=1S/C17H26FNO/c1-5-19-15(11-17(20-4)7-6-8-17)14-9-12(2)16(18)13(3)10-14/h9-10,15,19H,5-8,11H2,1-4H3. The minimum absolute atomic E-state index is 0.0169. The van der Waals surface area contributed by atoms with Gasteiger partial charge in [-0.1, -0.05) is 19.1 Å². The predicted octanol–water partition coefficient (Wildman–Crippen LogP) is 4.05. The molecule has 1 aliphatic carbocycles. The topological polar surface area (TPSA) is 21.3 Å². The fourth-order valence-corrected chi connectivity index (χ4v) is 3.17. The van der Waals surface area contributed by atoms with E-state index in [9.17, 15) is 4.39 Å². The summed E-state index contributed by atoms with van der Waals surface area (Å²) in [6, 6.07) is 4.17. The first kappa shape index (κ1) is 15.5. The lowest BCUT2D eigenvalue weighted by atomic mass is 9.74. The van der Waals surface area contributed by atoms with Gasteiger partial charge in [-0.25, -0.2) is 4.39 Å². The lowest BCUT2D eigenvalue weighted by molar-refractivity contribution is -0.0837. The van der Waals surface area contributed by atoms with E-state index in [0.717, 1.165) is 36.9 Å². The lowest BCUT2D eigenvalue weighted by Gasteiger charge is -2.43. The Bertz CT molecular complexity index is 440. The van der Waals surface area contributed by atoms with E-state index in [-0.39, 0.29) is 17.5 Å². The van der Waals surface area contributed by atoms with Gasteiger partial charge in [-0.05, 0) is 62.8 Å². The highest BCUT2D eigenvalue weighted by molar-refractivity contribution is 5.32. The van der Waals surface area contributed by atoms with Gasteiger partial charge in [0.1, 0.15) is 5.82 Å². The summed E-state index contributed by atoms with van der Waals surface area (Å²) in [7, 11) is 1.81. The molecule has 20 heavy (non-hydrogen) atoms. The highest BCUT2D eigenvalue weighted by Crippen LogP contribution is 2.42. The van der Waals surface area contributed by atoms with E-state index >= 15 is 0 Å². The zero-order valence-electron chi connectivity index (χ0n) is 13.1. The Morgan fingerprint density at radius 1 is 1.30 bits per heavy atom. The third-order valence-corrected chi connectivity index (χ3v) is 4.59. The Labute approximate surface area is 121 Å². The molecule has 0 radical (unpaired) electrons. The fraction of sp³-hybridized carbons (Fsp3) is 0.647. The Kier molecular flexibility index (Phi) is 4.82. The number of methoxy groups -OCH3 is 1. The van der Waals surface area contributed by atoms with Crippen LogP contribution in [0.2, 0.25) is 0 Å². The van der Waals surface area contributed by atoms with Gasteiger partial charge < -0.3 is 10.1 Å². The number of hydrogen-bond donors (Lipinski definition) is 1. The summed E-state index contributed by atoms with van der Waals surface area (Å²) in [5.74, 6) is -0.0888. The third-order valence-electron chi connectivity index (χ3n) is 4.59. The number of rotatable bonds is 6. The van der Waals surface area contributed by atoms with Gasteiger partial charge in [0, 0.05) is 13.2 Å². The lowest BCUT2D eigenvalue weighted by Crippen LogP contribution is -2.42. The Morgan fingerprint density at radius 3 is 2.30 bits per heavy atom. The van der Waals surface area contributed by atoms with Crippen LogP contribution in [0.25, 0.3) is 0 Å². The van der Waals surface area contributed by atoms with Crippen molar-refractivity contribution in [1.29, 1.82) is 0 Å². The van der Waals surface area contributed by atoms with E-state index in [1.54, 1.807) is 0 Å². The molecule has 1 unspecified atom stereocenters. The maximum absolute atomic E-state index is 13.8. The molecule has 3 heteroatoms. The van der Waals surface area contributed by atoms with Crippen LogP contribution < -0.4 is 5.32 Å². The SMILES string of the molecule is CCNC(CC1(OC)CCC1)c1cc(C)c(F)c(C)c1. The first-order chi connectivity index (χ1) is 9.51. The highest BCUT2D eigenvalue weighted by Gasteiger charge is 2.39. The van der Waals surface area contributed by atoms with Crippen LogP contribution in [0, 0.1) is 19.7 Å². The van der Waals surface area contributed by atoms with Gasteiger partial charge in [-0.2, -0.15) is 0 Å². The molecule has 112 valence electrons. The molecule has 1 aromatic rings. The number of halogens is 1. The summed E-state index contributed by atoms with van der Waals surface area (Å²) in [6.07, 6.45) is 4.46. The van der Waals surface area contributed by atoms with E-state index in [2.05, 4.69) is 12.2 Å². The number of nitrogens with one attached hydrogen (secondary N) is 1. The third kappa shape index (κ3) is 3.04. The van der Waals surface area contributed by atoms with E-state index in [1.165, 1.54) is 12.0 Å². The molecule has 1 aliphatic rings. The quantitative estimate of drug-likeness (QED) is 0.848. The van der Waals surface area contributed by atoms with E-state index < -0.39 is 0 Å². The fourth-order valence-electron chi connectivity index (χ4n) is 3.17. The Balaban J connectivity index is 2.24. The average molecular weight is 279 g/mol. The second kappa shape index (κ2) is 6.23. The van der Waals surface area contributed by atoms with Gasteiger partial charge in [0.15, 0.2) is 0 Å². The van der Waals surface area contributed by atoms with Crippen LogP contribution in [0.15, 0.2) is 12.1 Å². The van der Waals surface area contributed by atoms with Crippen molar-refractivity contribution < 1.29 is 9.13 Å². The van der Waals surface area contributed by atoms with Crippen LogP contribution in [0.4, 0.5) is 4.39 Å². The number of hydrogen-bond acceptors (Lipinski definition) is 2. The van der Waals surface area contributed by atoms with Crippen LogP contribution in [0.1, 0.15) is 55.3 Å². The number of benzene rings is 1. The number of aryl methyl sites for hydroxylation is 2. The molecular formula is C17H26FNO. The molecule has 2 nitrogen and oxygen atoms in total. The van der Waals surface area contributed by atoms with Crippen molar-refractivity contribution in [1.82, 2.24) is 5.32 Å². The van der Waals surface area contributed by atoms with E-state index in [0.29, 0.717) is 0 Å². The highest BCUT2D eigenvalue weighted by atomic mass is 19.1. The van der Waals surface area contributed by atoms with Crippen molar-refractivity contribution in [3.05, 3.63) is 34.6 Å². The minimum atomic E-state index is -0.0888. The predicted molar refractivity (Wildman–Crippen MR) is 80.5 cm³/mol. The molecule has 1 aromatic carbocycles. The smallest absolute Gasteiger partial charge is 0.129 e. The molecule has 0 amide bonds. The molecule has 2 rings (SSSR count). The second-order valence-corrected chi connectivity index (χ2v) is 6.02. The summed E-state index contributed by atoms with van der Waals surface area (Å²) in [5, 5.41) is 3.53. The first-order valence-corrected chi connectivity index (χ1v) is 7.56. The monoisotopic (exact) mass is 279 g/mol. The zero-order valence-corrected chi connectivity index (χ0v) is 13.1. The van der Waals surface area contributed by atoms with Gasteiger partial charge in [0.05, 0.1) is 5.60 Å². The summed E-state index contributed by atoms with van der Waals surface area (Å²) in [6.45, 7) is 6.69. The maximum atomic E-state index is 13.8. The summed E-state index contributed by atoms with van der Waals surface area (Å²) < 4.78 is 19.5. The van der Waals surface area contributed by atoms with E-state index in [1.807, 2.05) is 33.1 Å². The van der Waals surface area contributed by atoms with Crippen LogP contribution >= 0.6 is 0 Å². The van der Waals surface area contributed by atoms with Crippen molar-refractivity contribution in [3.63, 3.8) is 0 Å². The van der Waals surface area contributed by atoms with Crippen molar-refractivity contribution in [2.75, 3.05) is 13.7 Å². The van der Waals surface area contributed by atoms with Crippen molar-refractivity contribution in [3.8, 4) is 0 Å². The van der Waals surface area contributed by atoms with Gasteiger partial charge in [-0.3, -0.25) is 0 Å². The molecule has 0 heterocycles. The van der Waals surface area contributed by atoms with Crippen LogP contribution in [-0.4, -0.2) is 19.3 Å². The van der Waals surface area contributed by atoms with Gasteiger partial charge >= 0.3 is 0 Å². The number of ether oxygens (including phenoxy) is 1. The second-order valence-electron chi connectivity index (χ2n) is 6.02. The minimum Gasteiger partial charge on any atom is -0.378 e.